The predicted molar refractivity (Wildman–Crippen MR) is 110 cm³/mol. The number of aromatic amines is 1. The number of nitrogens with zero attached hydrogens (tertiary/aromatic N) is 4. The van der Waals surface area contributed by atoms with Crippen LogP contribution in [0.3, 0.4) is 0 Å². The number of carbonyl (C=O) groups is 1. The molecule has 28 heavy (non-hydrogen) atoms. The van der Waals surface area contributed by atoms with E-state index in [0.717, 1.165) is 22.2 Å². The number of nitrogens with one attached hydrogen (secondary N) is 2. The smallest absolute Gasteiger partial charge is 0.255 e. The number of aryl methyl sites for hydroxylation is 1. The molecule has 0 fully saturated rings. The second-order valence-corrected chi connectivity index (χ2v) is 6.88. The van der Waals surface area contributed by atoms with Crippen molar-refractivity contribution in [3.8, 4) is 17.1 Å². The number of hydrogen-bond donors (Lipinski definition) is 2. The largest absolute Gasteiger partial charge is 0.322 e. The van der Waals surface area contributed by atoms with Crippen molar-refractivity contribution in [3.05, 3.63) is 72.3 Å². The van der Waals surface area contributed by atoms with E-state index in [1.807, 2.05) is 66.4 Å². The summed E-state index contributed by atoms with van der Waals surface area (Å²) in [6.45, 7) is 1.85. The lowest BCUT2D eigenvalue weighted by Gasteiger charge is -2.09. The number of hydrogen-bond acceptors (Lipinski definition) is 5. The summed E-state index contributed by atoms with van der Waals surface area (Å²) in [5.41, 5.74) is 3.06. The average Bonchev–Trinajstić information content (AvgIpc) is 3.37. The highest BCUT2D eigenvalue weighted by molar-refractivity contribution is 7.98. The maximum Gasteiger partial charge on any atom is 0.255 e. The second kappa shape index (κ2) is 7.69. The molecule has 0 aliphatic carbocycles. The minimum absolute atomic E-state index is 0.172. The van der Waals surface area contributed by atoms with Crippen molar-refractivity contribution in [1.29, 1.82) is 0 Å². The van der Waals surface area contributed by atoms with Crippen LogP contribution in [0.1, 0.15) is 16.2 Å². The van der Waals surface area contributed by atoms with Crippen molar-refractivity contribution in [2.45, 2.75) is 12.1 Å². The molecule has 0 aliphatic rings. The first-order valence-electron chi connectivity index (χ1n) is 8.62. The average molecular weight is 390 g/mol. The number of aromatic nitrogens is 5. The Morgan fingerprint density at radius 2 is 2.00 bits per heavy atom. The molecule has 0 bridgehead atoms. The summed E-state index contributed by atoms with van der Waals surface area (Å²) >= 11 is 1.55. The number of anilines is 1. The SMILES string of the molecule is CSc1nccn1-c1cccc(C(=O)Nc2ccc(-c3n[nH]c(C)n3)cc2)c1. The molecule has 0 spiro atoms. The van der Waals surface area contributed by atoms with Gasteiger partial charge in [-0.15, -0.1) is 0 Å². The molecule has 0 saturated heterocycles. The Labute approximate surface area is 166 Å². The lowest BCUT2D eigenvalue weighted by atomic mass is 10.1. The number of thioether (sulfide) groups is 1. The van der Waals surface area contributed by atoms with E-state index in [0.29, 0.717) is 17.1 Å². The second-order valence-electron chi connectivity index (χ2n) is 6.11. The standard InChI is InChI=1S/C20H18N6OS/c1-13-22-18(25-24-13)14-6-8-16(9-7-14)23-19(27)15-4-3-5-17(12-15)26-11-10-21-20(26)28-2/h3-12H,1-2H3,(H,23,27)(H,22,24,25). The molecule has 8 heteroatoms. The van der Waals surface area contributed by atoms with Gasteiger partial charge in [-0.05, 0) is 55.6 Å². The number of H-pyrrole nitrogens is 1. The Kier molecular flexibility index (Phi) is 4.94. The van der Waals surface area contributed by atoms with Crippen molar-refractivity contribution in [1.82, 2.24) is 24.7 Å². The molecule has 4 aromatic rings. The van der Waals surface area contributed by atoms with Crippen LogP contribution in [0.2, 0.25) is 0 Å². The van der Waals surface area contributed by atoms with Gasteiger partial charge in [0.1, 0.15) is 5.82 Å². The highest BCUT2D eigenvalue weighted by Crippen LogP contribution is 2.21. The van der Waals surface area contributed by atoms with Gasteiger partial charge in [0.05, 0.1) is 0 Å². The minimum Gasteiger partial charge on any atom is -0.322 e. The van der Waals surface area contributed by atoms with Crippen LogP contribution in [0.25, 0.3) is 17.1 Å². The van der Waals surface area contributed by atoms with E-state index in [2.05, 4.69) is 25.5 Å². The first-order chi connectivity index (χ1) is 13.6. The van der Waals surface area contributed by atoms with Gasteiger partial charge in [0.15, 0.2) is 11.0 Å². The summed E-state index contributed by atoms with van der Waals surface area (Å²) in [6.07, 6.45) is 5.60. The molecule has 0 unspecified atom stereocenters. The maximum atomic E-state index is 12.7. The van der Waals surface area contributed by atoms with Gasteiger partial charge in [0.2, 0.25) is 0 Å². The molecule has 0 radical (unpaired) electrons. The van der Waals surface area contributed by atoms with E-state index >= 15 is 0 Å². The van der Waals surface area contributed by atoms with Crippen molar-refractivity contribution >= 4 is 23.4 Å². The molecule has 140 valence electrons. The van der Waals surface area contributed by atoms with E-state index in [1.165, 1.54) is 0 Å². The fourth-order valence-electron chi connectivity index (χ4n) is 2.81. The molecule has 2 heterocycles. The molecule has 0 atom stereocenters. The summed E-state index contributed by atoms with van der Waals surface area (Å²) in [5, 5.41) is 10.8. The monoisotopic (exact) mass is 390 g/mol. The lowest BCUT2D eigenvalue weighted by Crippen LogP contribution is -2.12. The van der Waals surface area contributed by atoms with Crippen LogP contribution in [0.15, 0.2) is 66.1 Å². The highest BCUT2D eigenvalue weighted by Gasteiger charge is 2.10. The Morgan fingerprint density at radius 1 is 1.18 bits per heavy atom. The highest BCUT2D eigenvalue weighted by atomic mass is 32.2. The number of benzene rings is 2. The topological polar surface area (TPSA) is 88.5 Å². The molecular formula is C20H18N6OS. The van der Waals surface area contributed by atoms with Gasteiger partial charge in [-0.25, -0.2) is 9.97 Å². The summed E-state index contributed by atoms with van der Waals surface area (Å²) in [4.78, 5) is 21.3. The van der Waals surface area contributed by atoms with Crippen molar-refractivity contribution in [2.75, 3.05) is 11.6 Å². The van der Waals surface area contributed by atoms with E-state index < -0.39 is 0 Å². The molecule has 4 rings (SSSR count). The molecule has 2 aromatic heterocycles. The Balaban J connectivity index is 1.52. The van der Waals surface area contributed by atoms with E-state index in [4.69, 9.17) is 0 Å². The van der Waals surface area contributed by atoms with Crippen LogP contribution < -0.4 is 5.32 Å². The first-order valence-corrected chi connectivity index (χ1v) is 9.85. The maximum absolute atomic E-state index is 12.7. The molecule has 2 aromatic carbocycles. The minimum atomic E-state index is -0.172. The van der Waals surface area contributed by atoms with Gasteiger partial charge >= 0.3 is 0 Å². The van der Waals surface area contributed by atoms with Gasteiger partial charge in [0.25, 0.3) is 5.91 Å². The van der Waals surface area contributed by atoms with Crippen LogP contribution in [-0.2, 0) is 0 Å². The zero-order chi connectivity index (χ0) is 19.5. The lowest BCUT2D eigenvalue weighted by molar-refractivity contribution is 0.102. The quantitative estimate of drug-likeness (QED) is 0.504. The van der Waals surface area contributed by atoms with Crippen molar-refractivity contribution in [3.63, 3.8) is 0 Å². The Hall–Kier alpha value is -3.39. The van der Waals surface area contributed by atoms with Gasteiger partial charge in [-0.2, -0.15) is 5.10 Å². The molecule has 7 nitrogen and oxygen atoms in total. The zero-order valence-electron chi connectivity index (χ0n) is 15.4. The predicted octanol–water partition coefficient (Wildman–Crippen LogP) is 3.94. The third kappa shape index (κ3) is 3.67. The van der Waals surface area contributed by atoms with Crippen LogP contribution in [0.4, 0.5) is 5.69 Å². The van der Waals surface area contributed by atoms with E-state index in [9.17, 15) is 4.79 Å². The van der Waals surface area contributed by atoms with Crippen LogP contribution in [-0.4, -0.2) is 36.9 Å². The summed E-state index contributed by atoms with van der Waals surface area (Å²) < 4.78 is 1.95. The van der Waals surface area contributed by atoms with Crippen LogP contribution >= 0.6 is 11.8 Å². The molecule has 0 aliphatic heterocycles. The summed E-state index contributed by atoms with van der Waals surface area (Å²) in [6, 6.07) is 14.9. The third-order valence-corrected chi connectivity index (χ3v) is 4.84. The van der Waals surface area contributed by atoms with Gasteiger partial charge in [-0.3, -0.25) is 14.5 Å². The molecular weight excluding hydrogens is 372 g/mol. The fraction of sp³-hybridized carbons (Fsp3) is 0.100. The summed E-state index contributed by atoms with van der Waals surface area (Å²) in [5.74, 6) is 1.22. The fourth-order valence-corrected chi connectivity index (χ4v) is 3.34. The Bertz CT molecular complexity index is 1120. The number of imidazole rings is 1. The van der Waals surface area contributed by atoms with E-state index in [-0.39, 0.29) is 5.91 Å². The number of carbonyl (C=O) groups excluding carboxylic acids is 1. The van der Waals surface area contributed by atoms with Crippen molar-refractivity contribution < 1.29 is 4.79 Å². The number of rotatable bonds is 5. The molecule has 1 amide bonds. The first kappa shape index (κ1) is 18.0. The van der Waals surface area contributed by atoms with Crippen molar-refractivity contribution in [2.24, 2.45) is 0 Å². The van der Waals surface area contributed by atoms with Crippen LogP contribution in [0.5, 0.6) is 0 Å². The molecule has 2 N–H and O–H groups in total. The summed E-state index contributed by atoms with van der Waals surface area (Å²) in [7, 11) is 0. The third-order valence-electron chi connectivity index (χ3n) is 4.17. The van der Waals surface area contributed by atoms with Crippen LogP contribution in [0, 0.1) is 6.92 Å². The van der Waals surface area contributed by atoms with Gasteiger partial charge < -0.3 is 5.32 Å². The van der Waals surface area contributed by atoms with Gasteiger partial charge in [-0.1, -0.05) is 17.8 Å². The number of amides is 1. The van der Waals surface area contributed by atoms with Gasteiger partial charge in [0, 0.05) is 34.9 Å². The normalized spacial score (nSPS) is 10.8. The van der Waals surface area contributed by atoms with E-state index in [1.54, 1.807) is 24.0 Å². The molecule has 0 saturated carbocycles. The zero-order valence-corrected chi connectivity index (χ0v) is 16.2. The Morgan fingerprint density at radius 3 is 2.71 bits per heavy atom.